The maximum Gasteiger partial charge on any atom is 0.292 e. The summed E-state index contributed by atoms with van der Waals surface area (Å²) in [6.45, 7) is 7.41. The van der Waals surface area contributed by atoms with Crippen LogP contribution in [0.4, 0.5) is 11.4 Å². The lowest BCUT2D eigenvalue weighted by atomic mass is 10.0. The topological polar surface area (TPSA) is 101 Å². The van der Waals surface area contributed by atoms with Crippen LogP contribution >= 0.6 is 24.0 Å². The first-order valence-electron chi connectivity index (χ1n) is 8.67. The molecule has 0 bridgehead atoms. The van der Waals surface area contributed by atoms with Crippen molar-refractivity contribution in [3.63, 3.8) is 0 Å². The lowest BCUT2D eigenvalue weighted by Gasteiger charge is -2.21. The number of anilines is 1. The molecule has 1 aliphatic rings. The summed E-state index contributed by atoms with van der Waals surface area (Å²) in [6, 6.07) is 6.62. The Hall–Kier alpha value is -1.62. The molecule has 1 fully saturated rings. The molecule has 1 aromatic rings. The summed E-state index contributed by atoms with van der Waals surface area (Å²) in [5.41, 5.74) is 0.420. The summed E-state index contributed by atoms with van der Waals surface area (Å²) < 4.78 is 5.75. The highest BCUT2D eigenvalue weighted by Gasteiger charge is 2.29. The Labute approximate surface area is 171 Å². The number of rotatable bonds is 8. The van der Waals surface area contributed by atoms with Gasteiger partial charge in [-0.3, -0.25) is 15.1 Å². The van der Waals surface area contributed by atoms with Crippen LogP contribution < -0.4 is 16.0 Å². The van der Waals surface area contributed by atoms with Gasteiger partial charge in [0.2, 0.25) is 0 Å². The average Bonchev–Trinajstić information content (AvgIpc) is 3.03. The number of hydrogen-bond donors (Lipinski definition) is 3. The van der Waals surface area contributed by atoms with E-state index in [4.69, 9.17) is 4.74 Å². The van der Waals surface area contributed by atoms with Crippen LogP contribution in [0.2, 0.25) is 0 Å². The summed E-state index contributed by atoms with van der Waals surface area (Å²) in [5, 5.41) is 20.5. The summed E-state index contributed by atoms with van der Waals surface area (Å²) in [4.78, 5) is 15.2. The van der Waals surface area contributed by atoms with Crippen molar-refractivity contribution in [1.29, 1.82) is 0 Å². The van der Waals surface area contributed by atoms with Gasteiger partial charge in [0.15, 0.2) is 5.96 Å². The lowest BCUT2D eigenvalue weighted by molar-refractivity contribution is -0.384. The van der Waals surface area contributed by atoms with Gasteiger partial charge in [-0.05, 0) is 32.8 Å². The second-order valence-corrected chi connectivity index (χ2v) is 6.22. The zero-order valence-electron chi connectivity index (χ0n) is 15.3. The second kappa shape index (κ2) is 11.2. The van der Waals surface area contributed by atoms with E-state index < -0.39 is 0 Å². The highest BCUT2D eigenvalue weighted by Crippen LogP contribution is 2.25. The van der Waals surface area contributed by atoms with E-state index in [1.54, 1.807) is 18.2 Å². The maximum atomic E-state index is 11.0. The van der Waals surface area contributed by atoms with Crippen LogP contribution in [-0.4, -0.2) is 49.3 Å². The number of aliphatic imine (C=N–C) groups is 1. The first-order valence-corrected chi connectivity index (χ1v) is 8.67. The molecular weight excluding hydrogens is 449 g/mol. The number of ether oxygens (including phenoxy) is 1. The maximum absolute atomic E-state index is 11.0. The van der Waals surface area contributed by atoms with Crippen LogP contribution in [0.1, 0.15) is 26.7 Å². The number of para-hydroxylation sites is 2. The van der Waals surface area contributed by atoms with Crippen molar-refractivity contribution in [1.82, 2.24) is 10.6 Å². The monoisotopic (exact) mass is 477 g/mol. The minimum absolute atomic E-state index is 0. The highest BCUT2D eigenvalue weighted by molar-refractivity contribution is 14.0. The van der Waals surface area contributed by atoms with E-state index in [1.165, 1.54) is 6.07 Å². The third-order valence-electron chi connectivity index (χ3n) is 4.05. The number of benzene rings is 1. The molecule has 1 aliphatic heterocycles. The quantitative estimate of drug-likeness (QED) is 0.133. The normalized spacial score (nSPS) is 19.5. The summed E-state index contributed by atoms with van der Waals surface area (Å²) in [7, 11) is 0. The molecule has 1 unspecified atom stereocenters. The van der Waals surface area contributed by atoms with Gasteiger partial charge in [0.25, 0.3) is 5.69 Å². The predicted molar refractivity (Wildman–Crippen MR) is 115 cm³/mol. The van der Waals surface area contributed by atoms with Crippen molar-refractivity contribution in [2.24, 2.45) is 4.99 Å². The smallest absolute Gasteiger partial charge is 0.292 e. The number of nitrogens with zero attached hydrogens (tertiary/aromatic N) is 2. The van der Waals surface area contributed by atoms with Crippen LogP contribution in [-0.2, 0) is 4.74 Å². The molecule has 1 atom stereocenters. The third-order valence-corrected chi connectivity index (χ3v) is 4.05. The molecule has 146 valence electrons. The fraction of sp³-hybridized carbons (Fsp3) is 0.588. The molecule has 0 aliphatic carbocycles. The zero-order valence-corrected chi connectivity index (χ0v) is 17.6. The number of nitro benzene ring substituents is 1. The molecule has 9 heteroatoms. The van der Waals surface area contributed by atoms with Crippen molar-refractivity contribution < 1.29 is 9.66 Å². The molecule has 0 spiro atoms. The number of hydrogen-bond acceptors (Lipinski definition) is 5. The Balaban J connectivity index is 0.00000338. The van der Waals surface area contributed by atoms with Crippen LogP contribution in [0.5, 0.6) is 0 Å². The fourth-order valence-electron chi connectivity index (χ4n) is 2.71. The van der Waals surface area contributed by atoms with E-state index in [0.717, 1.165) is 32.0 Å². The molecule has 8 nitrogen and oxygen atoms in total. The average molecular weight is 477 g/mol. The molecule has 0 saturated carbocycles. The number of guanidine groups is 1. The van der Waals surface area contributed by atoms with E-state index in [0.29, 0.717) is 25.3 Å². The van der Waals surface area contributed by atoms with E-state index in [2.05, 4.69) is 27.9 Å². The molecule has 0 aromatic heterocycles. The Morgan fingerprint density at radius 3 is 2.77 bits per heavy atom. The first kappa shape index (κ1) is 22.4. The van der Waals surface area contributed by atoms with E-state index >= 15 is 0 Å². The Bertz CT molecular complexity index is 606. The molecule has 1 heterocycles. The number of halogens is 1. The molecular formula is C17H28IN5O3. The molecule has 0 radical (unpaired) electrons. The predicted octanol–water partition coefficient (Wildman–Crippen LogP) is 2.75. The minimum Gasteiger partial charge on any atom is -0.378 e. The molecule has 0 amide bonds. The highest BCUT2D eigenvalue weighted by atomic mass is 127. The SMILES string of the molecule is CCNC(=NCC1(C)CCCO1)NCCNc1ccccc1[N+](=O)[O-].I. The van der Waals surface area contributed by atoms with Gasteiger partial charge in [-0.2, -0.15) is 0 Å². The Kier molecular flexibility index (Phi) is 9.63. The minimum atomic E-state index is -0.385. The van der Waals surface area contributed by atoms with Gasteiger partial charge in [-0.15, -0.1) is 24.0 Å². The van der Waals surface area contributed by atoms with E-state index in [1.807, 2.05) is 6.92 Å². The van der Waals surface area contributed by atoms with Crippen molar-refractivity contribution in [2.75, 3.05) is 38.1 Å². The van der Waals surface area contributed by atoms with Gasteiger partial charge in [0.05, 0.1) is 17.1 Å². The molecule has 26 heavy (non-hydrogen) atoms. The Morgan fingerprint density at radius 2 is 2.12 bits per heavy atom. The molecule has 1 saturated heterocycles. The summed E-state index contributed by atoms with van der Waals surface area (Å²) >= 11 is 0. The van der Waals surface area contributed by atoms with Gasteiger partial charge in [-0.1, -0.05) is 12.1 Å². The summed E-state index contributed by atoms with van der Waals surface area (Å²) in [6.07, 6.45) is 2.10. The third kappa shape index (κ3) is 6.94. The largest absolute Gasteiger partial charge is 0.378 e. The van der Waals surface area contributed by atoms with Gasteiger partial charge < -0.3 is 20.7 Å². The van der Waals surface area contributed by atoms with Crippen LogP contribution in [0.3, 0.4) is 0 Å². The van der Waals surface area contributed by atoms with Crippen LogP contribution in [0.25, 0.3) is 0 Å². The standard InChI is InChI=1S/C17H27N5O3.HI/c1-3-18-16(21-13-17(2)9-6-12-25-17)20-11-10-19-14-7-4-5-8-15(14)22(23)24;/h4-5,7-8,19H,3,6,9-13H2,1-2H3,(H2,18,20,21);1H. The van der Waals surface area contributed by atoms with E-state index in [-0.39, 0.29) is 40.2 Å². The van der Waals surface area contributed by atoms with Gasteiger partial charge in [0.1, 0.15) is 5.69 Å². The first-order chi connectivity index (χ1) is 12.0. The van der Waals surface area contributed by atoms with Crippen molar-refractivity contribution in [3.05, 3.63) is 34.4 Å². The van der Waals surface area contributed by atoms with E-state index in [9.17, 15) is 10.1 Å². The van der Waals surface area contributed by atoms with Crippen LogP contribution in [0.15, 0.2) is 29.3 Å². The summed E-state index contributed by atoms with van der Waals surface area (Å²) in [5.74, 6) is 0.726. The van der Waals surface area contributed by atoms with Gasteiger partial charge in [0, 0.05) is 32.3 Å². The van der Waals surface area contributed by atoms with Gasteiger partial charge in [-0.25, -0.2) is 0 Å². The lowest BCUT2D eigenvalue weighted by Crippen LogP contribution is -2.41. The molecule has 1 aromatic carbocycles. The van der Waals surface area contributed by atoms with Crippen LogP contribution in [0, 0.1) is 10.1 Å². The zero-order chi connectivity index (χ0) is 18.1. The molecule has 2 rings (SSSR count). The molecule has 3 N–H and O–H groups in total. The van der Waals surface area contributed by atoms with Crippen molar-refractivity contribution in [3.8, 4) is 0 Å². The second-order valence-electron chi connectivity index (χ2n) is 6.22. The van der Waals surface area contributed by atoms with Crippen molar-refractivity contribution >= 4 is 41.3 Å². The number of nitrogens with one attached hydrogen (secondary N) is 3. The Morgan fingerprint density at radius 1 is 1.35 bits per heavy atom. The fourth-order valence-corrected chi connectivity index (χ4v) is 2.71. The number of nitro groups is 1. The van der Waals surface area contributed by atoms with Crippen molar-refractivity contribution in [2.45, 2.75) is 32.3 Å². The van der Waals surface area contributed by atoms with Gasteiger partial charge >= 0.3 is 0 Å².